The van der Waals surface area contributed by atoms with Gasteiger partial charge in [0.1, 0.15) is 11.9 Å². The molecule has 0 aliphatic heterocycles. The predicted molar refractivity (Wildman–Crippen MR) is 89.2 cm³/mol. The molecule has 1 atom stereocenters. The van der Waals surface area contributed by atoms with Crippen molar-refractivity contribution >= 4 is 0 Å². The van der Waals surface area contributed by atoms with E-state index in [4.69, 9.17) is 0 Å². The fraction of sp³-hybridized carbons (Fsp3) is 0.400. The zero-order chi connectivity index (χ0) is 15.5. The number of phenols is 1. The number of aromatic hydroxyl groups is 1. The molecule has 2 N–H and O–H groups in total. The van der Waals surface area contributed by atoms with Crippen LogP contribution in [-0.4, -0.2) is 10.2 Å². The summed E-state index contributed by atoms with van der Waals surface area (Å²) < 4.78 is 0. The summed E-state index contributed by atoms with van der Waals surface area (Å²) in [5, 5.41) is 20.8. The molecule has 1 aliphatic rings. The van der Waals surface area contributed by atoms with Crippen LogP contribution in [0.4, 0.5) is 0 Å². The molecule has 2 aromatic carbocycles. The quantitative estimate of drug-likeness (QED) is 0.851. The van der Waals surface area contributed by atoms with Gasteiger partial charge >= 0.3 is 0 Å². The molecule has 0 amide bonds. The molecule has 0 spiro atoms. The minimum Gasteiger partial charge on any atom is -0.508 e. The van der Waals surface area contributed by atoms with E-state index in [2.05, 4.69) is 0 Å². The average molecular weight is 296 g/mol. The van der Waals surface area contributed by atoms with E-state index < -0.39 is 6.10 Å². The number of aliphatic hydroxyl groups excluding tert-OH is 1. The lowest BCUT2D eigenvalue weighted by atomic mass is 9.78. The van der Waals surface area contributed by atoms with Crippen molar-refractivity contribution in [1.29, 1.82) is 0 Å². The second-order valence-corrected chi connectivity index (χ2v) is 6.41. The van der Waals surface area contributed by atoms with Crippen LogP contribution >= 0.6 is 0 Å². The van der Waals surface area contributed by atoms with Gasteiger partial charge < -0.3 is 10.2 Å². The molecule has 0 bridgehead atoms. The van der Waals surface area contributed by atoms with Crippen LogP contribution < -0.4 is 0 Å². The molecule has 1 unspecified atom stereocenters. The first-order chi connectivity index (χ1) is 10.7. The van der Waals surface area contributed by atoms with Gasteiger partial charge in [0.2, 0.25) is 0 Å². The molecule has 1 aliphatic carbocycles. The Morgan fingerprint density at radius 2 is 1.68 bits per heavy atom. The van der Waals surface area contributed by atoms with Crippen molar-refractivity contribution in [1.82, 2.24) is 0 Å². The van der Waals surface area contributed by atoms with Crippen LogP contribution in [0, 0.1) is 6.92 Å². The van der Waals surface area contributed by atoms with Crippen LogP contribution in [0.2, 0.25) is 0 Å². The summed E-state index contributed by atoms with van der Waals surface area (Å²) in [7, 11) is 0. The number of phenolic OH excluding ortho intramolecular Hbond substituents is 1. The van der Waals surface area contributed by atoms with Crippen molar-refractivity contribution in [3.8, 4) is 5.75 Å². The summed E-state index contributed by atoms with van der Waals surface area (Å²) in [6.07, 6.45) is 5.51. The fourth-order valence-electron chi connectivity index (χ4n) is 3.80. The lowest BCUT2D eigenvalue weighted by Gasteiger charge is -2.28. The predicted octanol–water partition coefficient (Wildman–Crippen LogP) is 4.83. The van der Waals surface area contributed by atoms with E-state index >= 15 is 0 Å². The van der Waals surface area contributed by atoms with Gasteiger partial charge in [-0.05, 0) is 60.1 Å². The summed E-state index contributed by atoms with van der Waals surface area (Å²) in [6.45, 7) is 2.05. The number of aryl methyl sites for hydroxylation is 1. The second-order valence-electron chi connectivity index (χ2n) is 6.41. The molecule has 2 nitrogen and oxygen atoms in total. The number of aliphatic hydroxyl groups is 1. The third-order valence-electron chi connectivity index (χ3n) is 4.83. The monoisotopic (exact) mass is 296 g/mol. The van der Waals surface area contributed by atoms with Crippen LogP contribution in [0.3, 0.4) is 0 Å². The van der Waals surface area contributed by atoms with E-state index in [-0.39, 0.29) is 5.75 Å². The molecule has 0 aromatic heterocycles. The van der Waals surface area contributed by atoms with Gasteiger partial charge in [0.05, 0.1) is 0 Å². The van der Waals surface area contributed by atoms with Crippen molar-refractivity contribution in [2.45, 2.75) is 51.0 Å². The van der Waals surface area contributed by atoms with E-state index in [0.717, 1.165) is 16.7 Å². The number of rotatable bonds is 3. The third-order valence-corrected chi connectivity index (χ3v) is 4.83. The molecule has 2 heteroatoms. The van der Waals surface area contributed by atoms with Gasteiger partial charge in [-0.1, -0.05) is 49.6 Å². The van der Waals surface area contributed by atoms with Crippen LogP contribution in [0.15, 0.2) is 42.5 Å². The Bertz CT molecular complexity index is 628. The summed E-state index contributed by atoms with van der Waals surface area (Å²) in [5.74, 6) is 0.741. The first-order valence-electron chi connectivity index (χ1n) is 8.23. The van der Waals surface area contributed by atoms with Crippen molar-refractivity contribution in [2.24, 2.45) is 0 Å². The van der Waals surface area contributed by atoms with Crippen molar-refractivity contribution in [3.63, 3.8) is 0 Å². The highest BCUT2D eigenvalue weighted by Crippen LogP contribution is 2.40. The number of benzene rings is 2. The highest BCUT2D eigenvalue weighted by molar-refractivity contribution is 5.47. The smallest absolute Gasteiger partial charge is 0.116 e. The van der Waals surface area contributed by atoms with Gasteiger partial charge in [0.15, 0.2) is 0 Å². The normalized spacial score (nSPS) is 17.4. The molecular formula is C20H24O2. The van der Waals surface area contributed by atoms with Gasteiger partial charge in [0, 0.05) is 0 Å². The lowest BCUT2D eigenvalue weighted by molar-refractivity contribution is 0.217. The lowest BCUT2D eigenvalue weighted by Crippen LogP contribution is -2.12. The first-order valence-corrected chi connectivity index (χ1v) is 8.23. The van der Waals surface area contributed by atoms with Crippen LogP contribution in [-0.2, 0) is 0 Å². The Balaban J connectivity index is 2.05. The molecule has 2 aromatic rings. The molecule has 0 saturated heterocycles. The summed E-state index contributed by atoms with van der Waals surface area (Å²) in [5.41, 5.74) is 4.09. The van der Waals surface area contributed by atoms with E-state index in [9.17, 15) is 10.2 Å². The zero-order valence-electron chi connectivity index (χ0n) is 13.1. The van der Waals surface area contributed by atoms with Gasteiger partial charge in [-0.3, -0.25) is 0 Å². The molecule has 1 saturated carbocycles. The maximum atomic E-state index is 10.8. The Kier molecular flexibility index (Phi) is 4.49. The van der Waals surface area contributed by atoms with Crippen LogP contribution in [0.5, 0.6) is 5.75 Å². The summed E-state index contributed by atoms with van der Waals surface area (Å²) in [4.78, 5) is 0. The van der Waals surface area contributed by atoms with Crippen LogP contribution in [0.25, 0.3) is 0 Å². The second kappa shape index (κ2) is 6.53. The minimum atomic E-state index is -0.677. The van der Waals surface area contributed by atoms with Crippen LogP contribution in [0.1, 0.15) is 66.4 Å². The van der Waals surface area contributed by atoms with E-state index in [0.29, 0.717) is 5.92 Å². The van der Waals surface area contributed by atoms with E-state index in [1.165, 1.54) is 37.7 Å². The molecule has 22 heavy (non-hydrogen) atoms. The topological polar surface area (TPSA) is 40.5 Å². The molecular weight excluding hydrogens is 272 g/mol. The fourth-order valence-corrected chi connectivity index (χ4v) is 3.80. The maximum absolute atomic E-state index is 10.8. The van der Waals surface area contributed by atoms with E-state index in [1.807, 2.05) is 43.3 Å². The van der Waals surface area contributed by atoms with Gasteiger partial charge in [0.25, 0.3) is 0 Å². The highest BCUT2D eigenvalue weighted by Gasteiger charge is 2.24. The first kappa shape index (κ1) is 15.1. The van der Waals surface area contributed by atoms with Gasteiger partial charge in [-0.25, -0.2) is 0 Å². The van der Waals surface area contributed by atoms with Gasteiger partial charge in [-0.2, -0.15) is 0 Å². The maximum Gasteiger partial charge on any atom is 0.116 e. The zero-order valence-corrected chi connectivity index (χ0v) is 13.1. The van der Waals surface area contributed by atoms with Crippen molar-refractivity contribution < 1.29 is 10.2 Å². The highest BCUT2D eigenvalue weighted by atomic mass is 16.3. The van der Waals surface area contributed by atoms with E-state index in [1.54, 1.807) is 6.07 Å². The Morgan fingerprint density at radius 1 is 1.00 bits per heavy atom. The number of hydrogen-bond donors (Lipinski definition) is 2. The average Bonchev–Trinajstić information content (AvgIpc) is 2.55. The van der Waals surface area contributed by atoms with Gasteiger partial charge in [-0.15, -0.1) is 0 Å². The number of hydrogen-bond acceptors (Lipinski definition) is 2. The summed E-state index contributed by atoms with van der Waals surface area (Å²) >= 11 is 0. The van der Waals surface area contributed by atoms with Crippen molar-refractivity contribution in [2.75, 3.05) is 0 Å². The molecule has 0 heterocycles. The SMILES string of the molecule is Cc1cc(O)cc(C(O)c2ccccc2)c1C1CCCCC1. The minimum absolute atomic E-state index is 0.238. The molecule has 116 valence electrons. The van der Waals surface area contributed by atoms with Crippen molar-refractivity contribution in [3.05, 3.63) is 64.7 Å². The Hall–Kier alpha value is -1.80. The molecule has 0 radical (unpaired) electrons. The summed E-state index contributed by atoms with van der Waals surface area (Å²) in [6, 6.07) is 13.3. The Morgan fingerprint density at radius 3 is 2.36 bits per heavy atom. The third kappa shape index (κ3) is 3.02. The Labute approximate surface area is 132 Å². The molecule has 3 rings (SSSR count). The molecule has 1 fully saturated rings. The largest absolute Gasteiger partial charge is 0.508 e. The standard InChI is InChI=1S/C20H24O2/c1-14-12-17(21)13-18(19(14)15-8-4-2-5-9-15)20(22)16-10-6-3-7-11-16/h3,6-7,10-13,15,20-22H,2,4-5,8-9H2,1H3.